The Kier molecular flexibility index (Phi) is 7.18. The predicted molar refractivity (Wildman–Crippen MR) is 123 cm³/mol. The summed E-state index contributed by atoms with van der Waals surface area (Å²) in [6.45, 7) is 1.67. The van der Waals surface area contributed by atoms with Crippen molar-refractivity contribution in [1.29, 1.82) is 0 Å². The first-order valence-corrected chi connectivity index (χ1v) is 9.45. The second-order valence-corrected chi connectivity index (χ2v) is 6.85. The molecule has 0 aliphatic carbocycles. The third-order valence-corrected chi connectivity index (χ3v) is 4.99. The van der Waals surface area contributed by atoms with E-state index in [4.69, 9.17) is 9.47 Å². The molecular weight excluding hydrogens is 483 g/mol. The fourth-order valence-electron chi connectivity index (χ4n) is 3.55. The number of benzene rings is 2. The largest absolute Gasteiger partial charge is 0.454 e. The van der Waals surface area contributed by atoms with Gasteiger partial charge in [-0.1, -0.05) is 24.3 Å². The molecule has 2 aromatic carbocycles. The van der Waals surface area contributed by atoms with Crippen LogP contribution in [-0.2, 0) is 11.2 Å². The Morgan fingerprint density at radius 3 is 2.86 bits per heavy atom. The number of guanidine groups is 1. The molecule has 1 amide bonds. The van der Waals surface area contributed by atoms with Crippen LogP contribution >= 0.6 is 24.0 Å². The average molecular weight is 508 g/mol. The van der Waals surface area contributed by atoms with Crippen molar-refractivity contribution in [3.63, 3.8) is 0 Å². The molecule has 0 saturated heterocycles. The molecule has 1 unspecified atom stereocenters. The van der Waals surface area contributed by atoms with Crippen molar-refractivity contribution in [2.24, 2.45) is 4.99 Å². The molecule has 0 spiro atoms. The molecule has 154 valence electrons. The molecule has 2 aliphatic heterocycles. The molecule has 8 heteroatoms. The van der Waals surface area contributed by atoms with Crippen molar-refractivity contribution in [3.8, 4) is 11.5 Å². The van der Waals surface area contributed by atoms with Crippen LogP contribution in [0.1, 0.15) is 23.5 Å². The number of ether oxygens (including phenoxy) is 2. The van der Waals surface area contributed by atoms with E-state index in [1.807, 2.05) is 36.4 Å². The number of rotatable bonds is 5. The van der Waals surface area contributed by atoms with Gasteiger partial charge in [-0.25, -0.2) is 0 Å². The van der Waals surface area contributed by atoms with Gasteiger partial charge >= 0.3 is 0 Å². The Hall–Kier alpha value is -2.49. The molecule has 29 heavy (non-hydrogen) atoms. The van der Waals surface area contributed by atoms with E-state index >= 15 is 0 Å². The third-order valence-electron chi connectivity index (χ3n) is 4.99. The summed E-state index contributed by atoms with van der Waals surface area (Å²) in [5.41, 5.74) is 3.23. The van der Waals surface area contributed by atoms with Crippen LogP contribution in [0.3, 0.4) is 0 Å². The number of hydrogen-bond acceptors (Lipinski definition) is 4. The highest BCUT2D eigenvalue weighted by atomic mass is 127. The van der Waals surface area contributed by atoms with Crippen LogP contribution in [0, 0.1) is 0 Å². The number of aliphatic imine (C=N–C) groups is 1. The summed E-state index contributed by atoms with van der Waals surface area (Å²) in [5.74, 6) is 2.50. The van der Waals surface area contributed by atoms with Crippen LogP contribution in [0.25, 0.3) is 0 Å². The van der Waals surface area contributed by atoms with E-state index < -0.39 is 0 Å². The van der Waals surface area contributed by atoms with Gasteiger partial charge in [-0.2, -0.15) is 0 Å². The second-order valence-electron chi connectivity index (χ2n) is 6.85. The molecule has 3 N–H and O–H groups in total. The molecule has 0 aromatic heterocycles. The highest BCUT2D eigenvalue weighted by Gasteiger charge is 2.24. The summed E-state index contributed by atoms with van der Waals surface area (Å²) >= 11 is 0. The zero-order valence-corrected chi connectivity index (χ0v) is 18.6. The van der Waals surface area contributed by atoms with Crippen molar-refractivity contribution in [2.45, 2.75) is 18.8 Å². The van der Waals surface area contributed by atoms with E-state index in [1.165, 1.54) is 5.56 Å². The minimum absolute atomic E-state index is 0. The number of carbonyl (C=O) groups is 1. The quantitative estimate of drug-likeness (QED) is 0.329. The number of fused-ring (bicyclic) bond motifs is 2. The maximum atomic E-state index is 12.0. The summed E-state index contributed by atoms with van der Waals surface area (Å²) in [4.78, 5) is 16.2. The third kappa shape index (κ3) is 5.11. The SMILES string of the molecule is CN=C(NCCc1ccc2c(c1)OCO2)NCC1CC(=O)Nc2ccccc21.I. The highest BCUT2D eigenvalue weighted by Crippen LogP contribution is 2.33. The highest BCUT2D eigenvalue weighted by molar-refractivity contribution is 14.0. The van der Waals surface area contributed by atoms with Crippen LogP contribution in [0.2, 0.25) is 0 Å². The normalized spacial score (nSPS) is 17.1. The lowest BCUT2D eigenvalue weighted by Crippen LogP contribution is -2.41. The van der Waals surface area contributed by atoms with Crippen molar-refractivity contribution in [1.82, 2.24) is 10.6 Å². The molecule has 7 nitrogen and oxygen atoms in total. The average Bonchev–Trinajstić information content (AvgIpc) is 3.18. The monoisotopic (exact) mass is 508 g/mol. The Labute approximate surface area is 187 Å². The van der Waals surface area contributed by atoms with Gasteiger partial charge < -0.3 is 25.4 Å². The number of hydrogen-bond donors (Lipinski definition) is 3. The van der Waals surface area contributed by atoms with Gasteiger partial charge in [0.25, 0.3) is 0 Å². The first kappa shape index (κ1) is 21.2. The molecule has 2 aromatic rings. The molecule has 0 fully saturated rings. The zero-order valence-electron chi connectivity index (χ0n) is 16.2. The van der Waals surface area contributed by atoms with Gasteiger partial charge in [-0.05, 0) is 35.7 Å². The van der Waals surface area contributed by atoms with E-state index in [0.29, 0.717) is 13.0 Å². The molecule has 1 atom stereocenters. The molecule has 2 aliphatic rings. The van der Waals surface area contributed by atoms with Crippen molar-refractivity contribution >= 4 is 41.5 Å². The lowest BCUT2D eigenvalue weighted by atomic mass is 9.90. The summed E-state index contributed by atoms with van der Waals surface area (Å²) < 4.78 is 10.8. The van der Waals surface area contributed by atoms with Crippen LogP contribution in [-0.4, -0.2) is 38.8 Å². The van der Waals surface area contributed by atoms with E-state index in [-0.39, 0.29) is 42.6 Å². The zero-order chi connectivity index (χ0) is 19.3. The number of anilines is 1. The topological polar surface area (TPSA) is 84.0 Å². The first-order chi connectivity index (χ1) is 13.7. The fraction of sp³-hybridized carbons (Fsp3) is 0.333. The number of para-hydroxylation sites is 1. The molecule has 0 bridgehead atoms. The molecule has 0 radical (unpaired) electrons. The van der Waals surface area contributed by atoms with E-state index in [2.05, 4.69) is 27.0 Å². The Morgan fingerprint density at radius 1 is 1.17 bits per heavy atom. The molecule has 2 heterocycles. The van der Waals surface area contributed by atoms with E-state index in [0.717, 1.165) is 41.7 Å². The van der Waals surface area contributed by atoms with Gasteiger partial charge in [0.2, 0.25) is 12.7 Å². The lowest BCUT2D eigenvalue weighted by molar-refractivity contribution is -0.116. The number of nitrogens with zero attached hydrogens (tertiary/aromatic N) is 1. The standard InChI is InChI=1S/C21H24N4O3.HI/c1-22-21(23-9-8-14-6-7-18-19(10-14)28-13-27-18)24-12-15-11-20(26)25-17-5-3-2-4-16(15)17;/h2-7,10,15H,8-9,11-13H2,1H3,(H,25,26)(H2,22,23,24);1H. The summed E-state index contributed by atoms with van der Waals surface area (Å²) in [5, 5.41) is 9.60. The van der Waals surface area contributed by atoms with Crippen LogP contribution in [0.5, 0.6) is 11.5 Å². The van der Waals surface area contributed by atoms with Crippen LogP contribution in [0.4, 0.5) is 5.69 Å². The number of halogens is 1. The second kappa shape index (κ2) is 9.82. The maximum absolute atomic E-state index is 12.0. The van der Waals surface area contributed by atoms with Gasteiger partial charge in [0.15, 0.2) is 17.5 Å². The Morgan fingerprint density at radius 2 is 2.00 bits per heavy atom. The van der Waals surface area contributed by atoms with Gasteiger partial charge in [-0.3, -0.25) is 9.79 Å². The van der Waals surface area contributed by atoms with Crippen molar-refractivity contribution in [3.05, 3.63) is 53.6 Å². The summed E-state index contributed by atoms with van der Waals surface area (Å²) in [6, 6.07) is 13.9. The van der Waals surface area contributed by atoms with Crippen LogP contribution in [0.15, 0.2) is 47.5 Å². The van der Waals surface area contributed by atoms with Gasteiger partial charge in [0.05, 0.1) is 0 Å². The minimum Gasteiger partial charge on any atom is -0.454 e. The smallest absolute Gasteiger partial charge is 0.231 e. The Balaban J connectivity index is 0.00000240. The van der Waals surface area contributed by atoms with Crippen LogP contribution < -0.4 is 25.4 Å². The van der Waals surface area contributed by atoms with Gasteiger partial charge in [-0.15, -0.1) is 24.0 Å². The molecular formula is C21H25IN4O3. The minimum atomic E-state index is 0. The van der Waals surface area contributed by atoms with E-state index in [9.17, 15) is 4.79 Å². The van der Waals surface area contributed by atoms with E-state index in [1.54, 1.807) is 7.05 Å². The number of nitrogens with one attached hydrogen (secondary N) is 3. The number of amides is 1. The maximum Gasteiger partial charge on any atom is 0.231 e. The summed E-state index contributed by atoms with van der Waals surface area (Å²) in [7, 11) is 1.75. The molecule has 0 saturated carbocycles. The Bertz CT molecular complexity index is 903. The number of carbonyl (C=O) groups excluding carboxylic acids is 1. The van der Waals surface area contributed by atoms with Gasteiger partial charge in [0, 0.05) is 38.2 Å². The summed E-state index contributed by atoms with van der Waals surface area (Å²) in [6.07, 6.45) is 1.31. The van der Waals surface area contributed by atoms with Gasteiger partial charge in [0.1, 0.15) is 0 Å². The predicted octanol–water partition coefficient (Wildman–Crippen LogP) is 2.87. The first-order valence-electron chi connectivity index (χ1n) is 9.45. The van der Waals surface area contributed by atoms with Crippen molar-refractivity contribution < 1.29 is 14.3 Å². The molecule has 4 rings (SSSR count). The van der Waals surface area contributed by atoms with Crippen molar-refractivity contribution in [2.75, 3.05) is 32.2 Å². The lowest BCUT2D eigenvalue weighted by Gasteiger charge is -2.26. The fourth-order valence-corrected chi connectivity index (χ4v) is 3.55.